The van der Waals surface area contributed by atoms with Crippen molar-refractivity contribution in [1.29, 1.82) is 0 Å². The van der Waals surface area contributed by atoms with E-state index in [0.717, 1.165) is 0 Å². The summed E-state index contributed by atoms with van der Waals surface area (Å²) in [6, 6.07) is 4.68. The Morgan fingerprint density at radius 2 is 2.00 bits per heavy atom. The van der Waals surface area contributed by atoms with E-state index >= 15 is 0 Å². The Balaban J connectivity index is 2.97. The molecule has 1 aromatic rings. The molecule has 0 saturated heterocycles. The number of ether oxygens (including phenoxy) is 1. The number of hydrogen-bond acceptors (Lipinski definition) is 2. The fourth-order valence-electron chi connectivity index (χ4n) is 1.13. The molecule has 0 spiro atoms. The first-order valence-electron chi connectivity index (χ1n) is 5.03. The van der Waals surface area contributed by atoms with E-state index in [1.165, 1.54) is 6.07 Å². The van der Waals surface area contributed by atoms with Crippen molar-refractivity contribution in [3.63, 3.8) is 0 Å². The number of guanidine groups is 2. The van der Waals surface area contributed by atoms with Gasteiger partial charge in [0, 0.05) is 0 Å². The number of hydrogen-bond donors (Lipinski definition) is 3. The summed E-state index contributed by atoms with van der Waals surface area (Å²) in [7, 11) is 0. The van der Waals surface area contributed by atoms with Crippen LogP contribution in [0.25, 0.3) is 0 Å². The maximum atomic E-state index is 12.1. The molecule has 9 heteroatoms. The lowest BCUT2D eigenvalue weighted by Gasteiger charge is -2.09. The SMILES string of the molecule is NC(N)=NC(N)=Nc1cccc(OCC(F)F)c1Br. The summed E-state index contributed by atoms with van der Waals surface area (Å²) in [6.45, 7) is -0.713. The fourth-order valence-corrected chi connectivity index (χ4v) is 1.60. The summed E-state index contributed by atoms with van der Waals surface area (Å²) in [6.07, 6.45) is -2.56. The number of benzene rings is 1. The van der Waals surface area contributed by atoms with Gasteiger partial charge in [0.25, 0.3) is 6.43 Å². The Labute approximate surface area is 116 Å². The Hall–Kier alpha value is -1.90. The number of halogens is 3. The standard InChI is InChI=1S/C10H12BrF2N5O/c11-8-5(17-10(16)18-9(14)15)2-1-3-6(8)19-4-7(12)13/h1-3,7H,4H2,(H6,14,15,16,17,18). The van der Waals surface area contributed by atoms with E-state index in [-0.39, 0.29) is 17.7 Å². The lowest BCUT2D eigenvalue weighted by molar-refractivity contribution is 0.0815. The number of aliphatic imine (C=N–C) groups is 2. The van der Waals surface area contributed by atoms with Crippen molar-refractivity contribution in [3.05, 3.63) is 22.7 Å². The van der Waals surface area contributed by atoms with Crippen LogP contribution in [0, 0.1) is 0 Å². The minimum Gasteiger partial charge on any atom is -0.486 e. The highest BCUT2D eigenvalue weighted by molar-refractivity contribution is 9.10. The number of nitrogens with two attached hydrogens (primary N) is 3. The molecule has 0 heterocycles. The molecule has 0 atom stereocenters. The third kappa shape index (κ3) is 5.08. The van der Waals surface area contributed by atoms with Gasteiger partial charge in [0.1, 0.15) is 12.4 Å². The molecular weight excluding hydrogens is 324 g/mol. The van der Waals surface area contributed by atoms with Crippen LogP contribution in [0.15, 0.2) is 32.7 Å². The average Bonchev–Trinajstić information content (AvgIpc) is 2.29. The second kappa shape index (κ2) is 6.88. The molecule has 1 aromatic carbocycles. The summed E-state index contributed by atoms with van der Waals surface area (Å²) in [5, 5.41) is 0. The molecule has 0 aliphatic rings. The minimum absolute atomic E-state index is 0.160. The third-order valence-corrected chi connectivity index (χ3v) is 2.58. The van der Waals surface area contributed by atoms with Gasteiger partial charge in [0.2, 0.25) is 5.96 Å². The number of rotatable bonds is 4. The molecule has 1 rings (SSSR count). The summed E-state index contributed by atoms with van der Waals surface area (Å²) < 4.78 is 29.4. The van der Waals surface area contributed by atoms with E-state index in [2.05, 4.69) is 25.9 Å². The van der Waals surface area contributed by atoms with Crippen LogP contribution in [0.2, 0.25) is 0 Å². The van der Waals surface area contributed by atoms with Crippen molar-refractivity contribution < 1.29 is 13.5 Å². The van der Waals surface area contributed by atoms with E-state index in [0.29, 0.717) is 10.2 Å². The van der Waals surface area contributed by atoms with Crippen LogP contribution in [0.1, 0.15) is 0 Å². The Bertz CT molecular complexity index is 503. The molecule has 0 aromatic heterocycles. The van der Waals surface area contributed by atoms with Crippen molar-refractivity contribution in [2.45, 2.75) is 6.43 Å². The van der Waals surface area contributed by atoms with Crippen LogP contribution in [0.4, 0.5) is 14.5 Å². The van der Waals surface area contributed by atoms with Gasteiger partial charge in [-0.3, -0.25) is 0 Å². The quantitative estimate of drug-likeness (QED) is 0.568. The first-order chi connectivity index (χ1) is 8.90. The summed E-state index contributed by atoms with van der Waals surface area (Å²) in [4.78, 5) is 7.46. The van der Waals surface area contributed by atoms with Crippen molar-refractivity contribution in [1.82, 2.24) is 0 Å². The Morgan fingerprint density at radius 1 is 1.32 bits per heavy atom. The van der Waals surface area contributed by atoms with Crippen molar-refractivity contribution >= 4 is 33.5 Å². The van der Waals surface area contributed by atoms with Crippen LogP contribution in [0.3, 0.4) is 0 Å². The van der Waals surface area contributed by atoms with Gasteiger partial charge in [0.05, 0.1) is 10.2 Å². The topological polar surface area (TPSA) is 112 Å². The summed E-state index contributed by atoms with van der Waals surface area (Å²) >= 11 is 3.18. The smallest absolute Gasteiger partial charge is 0.272 e. The maximum Gasteiger partial charge on any atom is 0.272 e. The highest BCUT2D eigenvalue weighted by Crippen LogP contribution is 2.34. The third-order valence-electron chi connectivity index (χ3n) is 1.79. The van der Waals surface area contributed by atoms with Gasteiger partial charge in [0.15, 0.2) is 5.96 Å². The van der Waals surface area contributed by atoms with Crippen LogP contribution in [-0.4, -0.2) is 25.0 Å². The second-order valence-electron chi connectivity index (χ2n) is 3.30. The largest absolute Gasteiger partial charge is 0.486 e. The molecular formula is C10H12BrF2N5O. The van der Waals surface area contributed by atoms with Crippen molar-refractivity contribution in [2.75, 3.05) is 6.61 Å². The Kier molecular flexibility index (Phi) is 5.49. The fraction of sp³-hybridized carbons (Fsp3) is 0.200. The molecule has 0 radical (unpaired) electrons. The van der Waals surface area contributed by atoms with Gasteiger partial charge in [-0.15, -0.1) is 0 Å². The van der Waals surface area contributed by atoms with Gasteiger partial charge >= 0.3 is 0 Å². The molecule has 6 nitrogen and oxygen atoms in total. The highest BCUT2D eigenvalue weighted by Gasteiger charge is 2.09. The zero-order chi connectivity index (χ0) is 14.4. The maximum absolute atomic E-state index is 12.1. The molecule has 19 heavy (non-hydrogen) atoms. The Morgan fingerprint density at radius 3 is 2.58 bits per heavy atom. The molecule has 0 bridgehead atoms. The molecule has 0 amide bonds. The van der Waals surface area contributed by atoms with E-state index in [1.807, 2.05) is 0 Å². The lowest BCUT2D eigenvalue weighted by Crippen LogP contribution is -2.26. The van der Waals surface area contributed by atoms with Crippen LogP contribution >= 0.6 is 15.9 Å². The van der Waals surface area contributed by atoms with Crippen LogP contribution in [-0.2, 0) is 0 Å². The molecule has 0 aliphatic carbocycles. The molecule has 6 N–H and O–H groups in total. The molecule has 0 aliphatic heterocycles. The van der Waals surface area contributed by atoms with E-state index < -0.39 is 13.0 Å². The molecule has 104 valence electrons. The first kappa shape index (κ1) is 15.2. The second-order valence-corrected chi connectivity index (χ2v) is 4.09. The lowest BCUT2D eigenvalue weighted by atomic mass is 10.3. The minimum atomic E-state index is -2.56. The molecule has 0 unspecified atom stereocenters. The summed E-state index contributed by atoms with van der Waals surface area (Å²) in [5.74, 6) is -0.173. The van der Waals surface area contributed by atoms with Gasteiger partial charge in [-0.05, 0) is 28.1 Å². The molecule has 0 saturated carbocycles. The summed E-state index contributed by atoms with van der Waals surface area (Å²) in [5.41, 5.74) is 16.1. The monoisotopic (exact) mass is 335 g/mol. The predicted octanol–water partition coefficient (Wildman–Crippen LogP) is 1.31. The first-order valence-corrected chi connectivity index (χ1v) is 5.82. The average molecular weight is 336 g/mol. The van der Waals surface area contributed by atoms with E-state index in [9.17, 15) is 8.78 Å². The van der Waals surface area contributed by atoms with Crippen molar-refractivity contribution in [3.8, 4) is 5.75 Å². The van der Waals surface area contributed by atoms with E-state index in [4.69, 9.17) is 21.9 Å². The van der Waals surface area contributed by atoms with E-state index in [1.54, 1.807) is 12.1 Å². The highest BCUT2D eigenvalue weighted by atomic mass is 79.9. The van der Waals surface area contributed by atoms with Gasteiger partial charge in [-0.25, -0.2) is 13.8 Å². The zero-order valence-electron chi connectivity index (χ0n) is 9.69. The number of alkyl halides is 2. The van der Waals surface area contributed by atoms with Crippen LogP contribution in [0.5, 0.6) is 5.75 Å². The van der Waals surface area contributed by atoms with Gasteiger partial charge in [-0.1, -0.05) is 6.07 Å². The van der Waals surface area contributed by atoms with Crippen molar-refractivity contribution in [2.24, 2.45) is 27.2 Å². The predicted molar refractivity (Wildman–Crippen MR) is 72.7 cm³/mol. The number of nitrogens with zero attached hydrogens (tertiary/aromatic N) is 2. The van der Waals surface area contributed by atoms with Gasteiger partial charge < -0.3 is 21.9 Å². The molecule has 0 fully saturated rings. The van der Waals surface area contributed by atoms with Crippen LogP contribution < -0.4 is 21.9 Å². The zero-order valence-corrected chi connectivity index (χ0v) is 11.3. The normalized spacial score (nSPS) is 11.5. The van der Waals surface area contributed by atoms with Gasteiger partial charge in [-0.2, -0.15) is 4.99 Å².